The van der Waals surface area contributed by atoms with Crippen LogP contribution in [0.5, 0.6) is 0 Å². The number of aliphatic hydroxyl groups is 1. The van der Waals surface area contributed by atoms with E-state index in [1.807, 2.05) is 6.07 Å². The van der Waals surface area contributed by atoms with Crippen LogP contribution >= 0.6 is 0 Å². The zero-order valence-corrected chi connectivity index (χ0v) is 11.9. The summed E-state index contributed by atoms with van der Waals surface area (Å²) in [5.41, 5.74) is 1.29. The van der Waals surface area contributed by atoms with Crippen LogP contribution in [0.25, 0.3) is 0 Å². The Bertz CT molecular complexity index is 347. The minimum absolute atomic E-state index is 0.182. The van der Waals surface area contributed by atoms with E-state index in [9.17, 15) is 5.11 Å². The minimum atomic E-state index is 0.182. The van der Waals surface area contributed by atoms with Crippen LogP contribution in [-0.2, 0) is 6.42 Å². The molecule has 0 saturated carbocycles. The predicted molar refractivity (Wildman–Crippen MR) is 79.2 cm³/mol. The fourth-order valence-electron chi connectivity index (χ4n) is 2.70. The quantitative estimate of drug-likeness (QED) is 0.816. The van der Waals surface area contributed by atoms with E-state index in [-0.39, 0.29) is 12.6 Å². The van der Waals surface area contributed by atoms with Gasteiger partial charge < -0.3 is 15.3 Å². The molecule has 0 spiro atoms. The van der Waals surface area contributed by atoms with E-state index < -0.39 is 0 Å². The molecule has 1 aliphatic heterocycles. The lowest BCUT2D eigenvalue weighted by Gasteiger charge is -2.30. The molecule has 1 fully saturated rings. The van der Waals surface area contributed by atoms with Crippen molar-refractivity contribution < 1.29 is 5.11 Å². The van der Waals surface area contributed by atoms with Crippen molar-refractivity contribution in [2.75, 3.05) is 33.3 Å². The number of hydrogen-bond donors (Lipinski definition) is 2. The van der Waals surface area contributed by atoms with E-state index in [0.717, 1.165) is 18.9 Å². The Labute approximate surface area is 116 Å². The van der Waals surface area contributed by atoms with E-state index in [1.165, 1.54) is 31.5 Å². The van der Waals surface area contributed by atoms with Crippen molar-refractivity contribution >= 4 is 0 Å². The monoisotopic (exact) mass is 262 g/mol. The van der Waals surface area contributed by atoms with Gasteiger partial charge in [-0.15, -0.1) is 0 Å². The van der Waals surface area contributed by atoms with Crippen molar-refractivity contribution in [3.8, 4) is 0 Å². The molecule has 1 heterocycles. The van der Waals surface area contributed by atoms with Crippen LogP contribution in [0.3, 0.4) is 0 Å². The van der Waals surface area contributed by atoms with Gasteiger partial charge in [0.15, 0.2) is 0 Å². The van der Waals surface area contributed by atoms with Crippen molar-refractivity contribution in [2.24, 2.45) is 5.92 Å². The summed E-state index contributed by atoms with van der Waals surface area (Å²) in [6, 6.07) is 10.6. The Morgan fingerprint density at radius 3 is 2.58 bits per heavy atom. The second kappa shape index (κ2) is 7.63. The molecule has 3 nitrogen and oxygen atoms in total. The first-order chi connectivity index (χ1) is 9.28. The van der Waals surface area contributed by atoms with Gasteiger partial charge in [-0.1, -0.05) is 30.3 Å². The van der Waals surface area contributed by atoms with E-state index in [1.54, 1.807) is 0 Å². The second-order valence-electron chi connectivity index (χ2n) is 5.72. The normalized spacial score (nSPS) is 19.5. The molecule has 106 valence electrons. The highest BCUT2D eigenvalue weighted by atomic mass is 16.3. The third-order valence-corrected chi connectivity index (χ3v) is 4.08. The molecule has 2 rings (SSSR count). The van der Waals surface area contributed by atoms with Gasteiger partial charge in [-0.05, 0) is 57.4 Å². The molecule has 1 aliphatic rings. The molecule has 1 aromatic carbocycles. The fourth-order valence-corrected chi connectivity index (χ4v) is 2.70. The van der Waals surface area contributed by atoms with E-state index in [4.69, 9.17) is 0 Å². The average Bonchev–Trinajstić information content (AvgIpc) is 2.46. The molecule has 0 radical (unpaired) electrons. The van der Waals surface area contributed by atoms with Crippen molar-refractivity contribution in [3.63, 3.8) is 0 Å². The molecule has 3 heteroatoms. The zero-order valence-electron chi connectivity index (χ0n) is 11.9. The fraction of sp³-hybridized carbons (Fsp3) is 0.625. The standard InChI is InChI=1S/C16H26N2O/c1-18-9-7-15(8-10-18)12-17-16(13-19)11-14-5-3-2-4-6-14/h2-6,15-17,19H,7-13H2,1H3/t16-/m0/s1. The van der Waals surface area contributed by atoms with Gasteiger partial charge in [0.25, 0.3) is 0 Å². The van der Waals surface area contributed by atoms with E-state index in [0.29, 0.717) is 0 Å². The first kappa shape index (κ1) is 14.5. The summed E-state index contributed by atoms with van der Waals surface area (Å²) < 4.78 is 0. The lowest BCUT2D eigenvalue weighted by Crippen LogP contribution is -2.41. The number of likely N-dealkylation sites (tertiary alicyclic amines) is 1. The maximum absolute atomic E-state index is 9.49. The lowest BCUT2D eigenvalue weighted by atomic mass is 9.96. The summed E-state index contributed by atoms with van der Waals surface area (Å²) in [6.45, 7) is 3.65. The summed E-state index contributed by atoms with van der Waals surface area (Å²) >= 11 is 0. The van der Waals surface area contributed by atoms with Crippen molar-refractivity contribution in [2.45, 2.75) is 25.3 Å². The molecule has 1 aromatic rings. The maximum Gasteiger partial charge on any atom is 0.0587 e. The van der Waals surface area contributed by atoms with Crippen LogP contribution in [0, 0.1) is 5.92 Å². The van der Waals surface area contributed by atoms with Crippen LogP contribution in [0.4, 0.5) is 0 Å². The number of nitrogens with zero attached hydrogens (tertiary/aromatic N) is 1. The summed E-state index contributed by atoms with van der Waals surface area (Å²) in [7, 11) is 2.19. The molecule has 0 amide bonds. The molecule has 0 aromatic heterocycles. The van der Waals surface area contributed by atoms with Gasteiger partial charge in [-0.2, -0.15) is 0 Å². The van der Waals surface area contributed by atoms with Gasteiger partial charge in [0.2, 0.25) is 0 Å². The van der Waals surface area contributed by atoms with Gasteiger partial charge in [-0.3, -0.25) is 0 Å². The molecular formula is C16H26N2O. The highest BCUT2D eigenvalue weighted by molar-refractivity contribution is 5.15. The van der Waals surface area contributed by atoms with Crippen LogP contribution < -0.4 is 5.32 Å². The zero-order chi connectivity index (χ0) is 13.5. The SMILES string of the molecule is CN1CCC(CN[C@H](CO)Cc2ccccc2)CC1. The van der Waals surface area contributed by atoms with Crippen molar-refractivity contribution in [3.05, 3.63) is 35.9 Å². The predicted octanol–water partition coefficient (Wildman–Crippen LogP) is 1.52. The molecular weight excluding hydrogens is 236 g/mol. The van der Waals surface area contributed by atoms with Gasteiger partial charge >= 0.3 is 0 Å². The number of aliphatic hydroxyl groups excluding tert-OH is 1. The highest BCUT2D eigenvalue weighted by Gasteiger charge is 2.17. The van der Waals surface area contributed by atoms with E-state index in [2.05, 4.69) is 41.5 Å². The van der Waals surface area contributed by atoms with Crippen molar-refractivity contribution in [1.29, 1.82) is 0 Å². The number of benzene rings is 1. The molecule has 19 heavy (non-hydrogen) atoms. The first-order valence-electron chi connectivity index (χ1n) is 7.34. The molecule has 2 N–H and O–H groups in total. The van der Waals surface area contributed by atoms with Gasteiger partial charge in [0, 0.05) is 6.04 Å². The topological polar surface area (TPSA) is 35.5 Å². The summed E-state index contributed by atoms with van der Waals surface area (Å²) in [5.74, 6) is 0.765. The Hall–Kier alpha value is -0.900. The summed E-state index contributed by atoms with van der Waals surface area (Å²) in [6.07, 6.45) is 3.45. The van der Waals surface area contributed by atoms with Crippen LogP contribution in [-0.4, -0.2) is 49.3 Å². The Morgan fingerprint density at radius 1 is 1.26 bits per heavy atom. The average molecular weight is 262 g/mol. The molecule has 0 aliphatic carbocycles. The van der Waals surface area contributed by atoms with Gasteiger partial charge in [0.05, 0.1) is 6.61 Å². The second-order valence-corrected chi connectivity index (χ2v) is 5.72. The maximum atomic E-state index is 9.49. The number of piperidine rings is 1. The third kappa shape index (κ3) is 4.94. The number of nitrogens with one attached hydrogen (secondary N) is 1. The number of hydrogen-bond acceptors (Lipinski definition) is 3. The largest absolute Gasteiger partial charge is 0.395 e. The Morgan fingerprint density at radius 2 is 1.95 bits per heavy atom. The van der Waals surface area contributed by atoms with Crippen LogP contribution in [0.1, 0.15) is 18.4 Å². The Balaban J connectivity index is 1.73. The van der Waals surface area contributed by atoms with Crippen molar-refractivity contribution in [1.82, 2.24) is 10.2 Å². The Kier molecular flexibility index (Phi) is 5.83. The highest BCUT2D eigenvalue weighted by Crippen LogP contribution is 2.15. The van der Waals surface area contributed by atoms with Crippen LogP contribution in [0.15, 0.2) is 30.3 Å². The van der Waals surface area contributed by atoms with Gasteiger partial charge in [-0.25, -0.2) is 0 Å². The molecule has 1 saturated heterocycles. The smallest absolute Gasteiger partial charge is 0.0587 e. The first-order valence-corrected chi connectivity index (χ1v) is 7.34. The molecule has 0 bridgehead atoms. The minimum Gasteiger partial charge on any atom is -0.395 e. The lowest BCUT2D eigenvalue weighted by molar-refractivity contribution is 0.197. The molecule has 0 unspecified atom stereocenters. The van der Waals surface area contributed by atoms with Gasteiger partial charge in [0.1, 0.15) is 0 Å². The summed E-state index contributed by atoms with van der Waals surface area (Å²) in [5, 5.41) is 13.0. The third-order valence-electron chi connectivity index (χ3n) is 4.08. The molecule has 1 atom stereocenters. The van der Waals surface area contributed by atoms with Crippen LogP contribution in [0.2, 0.25) is 0 Å². The summed E-state index contributed by atoms with van der Waals surface area (Å²) in [4.78, 5) is 2.39. The van der Waals surface area contributed by atoms with E-state index >= 15 is 0 Å². The number of rotatable bonds is 6.